The number of halogens is 1. The standard InChI is InChI=1S/C19H33N5.HI/c1-5-16-7-6-8-17(13-16)22-19(20)21-14-18(15(2)3)24-11-9-23(4)10-12-24;/h6-8,13,15,18H,5,9-12,14H2,1-4H3,(H3,20,21,22);1H. The highest BCUT2D eigenvalue weighted by Gasteiger charge is 2.24. The van der Waals surface area contributed by atoms with E-state index in [0.29, 0.717) is 17.9 Å². The van der Waals surface area contributed by atoms with Gasteiger partial charge in [-0.05, 0) is 37.1 Å². The number of likely N-dealkylation sites (N-methyl/N-ethyl adjacent to an activating group) is 1. The van der Waals surface area contributed by atoms with Crippen LogP contribution in [0.2, 0.25) is 0 Å². The topological polar surface area (TPSA) is 56.9 Å². The molecule has 6 heteroatoms. The normalized spacial score (nSPS) is 18.0. The first-order valence-electron chi connectivity index (χ1n) is 9.08. The number of nitrogens with zero attached hydrogens (tertiary/aromatic N) is 3. The molecule has 0 aliphatic carbocycles. The van der Waals surface area contributed by atoms with Crippen LogP contribution in [-0.4, -0.2) is 61.6 Å². The monoisotopic (exact) mass is 459 g/mol. The lowest BCUT2D eigenvalue weighted by atomic mass is 10.0. The zero-order valence-electron chi connectivity index (χ0n) is 16.0. The molecule has 1 unspecified atom stereocenters. The van der Waals surface area contributed by atoms with Crippen molar-refractivity contribution in [2.75, 3.05) is 45.1 Å². The summed E-state index contributed by atoms with van der Waals surface area (Å²) in [7, 11) is 2.19. The van der Waals surface area contributed by atoms with Gasteiger partial charge in [-0.3, -0.25) is 9.89 Å². The Balaban J connectivity index is 0.00000312. The Morgan fingerprint density at radius 1 is 1.24 bits per heavy atom. The molecule has 1 aliphatic heterocycles. The number of hydrogen-bond acceptors (Lipinski definition) is 3. The van der Waals surface area contributed by atoms with Gasteiger partial charge in [-0.15, -0.1) is 24.0 Å². The largest absolute Gasteiger partial charge is 0.370 e. The molecule has 0 spiro atoms. The first kappa shape index (κ1) is 22.2. The maximum atomic E-state index is 6.11. The lowest BCUT2D eigenvalue weighted by Gasteiger charge is -2.39. The average Bonchev–Trinajstić information content (AvgIpc) is 2.56. The summed E-state index contributed by atoms with van der Waals surface area (Å²) in [6.45, 7) is 11.9. The van der Waals surface area contributed by atoms with E-state index in [0.717, 1.165) is 44.8 Å². The van der Waals surface area contributed by atoms with Gasteiger partial charge in [0.25, 0.3) is 0 Å². The summed E-state index contributed by atoms with van der Waals surface area (Å²) >= 11 is 0. The van der Waals surface area contributed by atoms with Gasteiger partial charge in [0.05, 0.1) is 6.54 Å². The maximum Gasteiger partial charge on any atom is 0.193 e. The molecule has 1 aliphatic rings. The molecule has 0 aromatic heterocycles. The summed E-state index contributed by atoms with van der Waals surface area (Å²) in [5.41, 5.74) is 8.42. The molecule has 5 nitrogen and oxygen atoms in total. The van der Waals surface area contributed by atoms with Crippen LogP contribution >= 0.6 is 24.0 Å². The molecular formula is C19H34IN5. The number of guanidine groups is 1. The Morgan fingerprint density at radius 2 is 1.92 bits per heavy atom. The number of aryl methyl sites for hydroxylation is 1. The van der Waals surface area contributed by atoms with Crippen LogP contribution in [0.4, 0.5) is 5.69 Å². The Labute approximate surface area is 170 Å². The second kappa shape index (κ2) is 11.0. The molecule has 0 radical (unpaired) electrons. The van der Waals surface area contributed by atoms with Gasteiger partial charge >= 0.3 is 0 Å². The van der Waals surface area contributed by atoms with E-state index in [2.05, 4.69) is 66.1 Å². The Morgan fingerprint density at radius 3 is 2.52 bits per heavy atom. The number of anilines is 1. The van der Waals surface area contributed by atoms with Crippen LogP contribution < -0.4 is 11.1 Å². The minimum Gasteiger partial charge on any atom is -0.370 e. The van der Waals surface area contributed by atoms with Crippen molar-refractivity contribution in [2.45, 2.75) is 33.2 Å². The Bertz CT molecular complexity index is 538. The van der Waals surface area contributed by atoms with Crippen LogP contribution in [0, 0.1) is 5.92 Å². The van der Waals surface area contributed by atoms with E-state index >= 15 is 0 Å². The molecule has 1 fully saturated rings. The van der Waals surface area contributed by atoms with Crippen LogP contribution in [0.1, 0.15) is 26.3 Å². The zero-order valence-corrected chi connectivity index (χ0v) is 18.4. The summed E-state index contributed by atoms with van der Waals surface area (Å²) in [5, 5.41) is 3.22. The third-order valence-electron chi connectivity index (χ3n) is 4.83. The lowest BCUT2D eigenvalue weighted by Crippen LogP contribution is -2.51. The molecule has 2 rings (SSSR count). The van der Waals surface area contributed by atoms with Gasteiger partial charge in [0.1, 0.15) is 0 Å². The fourth-order valence-corrected chi connectivity index (χ4v) is 3.15. The van der Waals surface area contributed by atoms with E-state index in [-0.39, 0.29) is 24.0 Å². The summed E-state index contributed by atoms with van der Waals surface area (Å²) in [5.74, 6) is 1.07. The smallest absolute Gasteiger partial charge is 0.193 e. The van der Waals surface area contributed by atoms with E-state index in [1.165, 1.54) is 5.56 Å². The van der Waals surface area contributed by atoms with Crippen molar-refractivity contribution < 1.29 is 0 Å². The van der Waals surface area contributed by atoms with Crippen LogP contribution in [0.15, 0.2) is 29.3 Å². The molecule has 1 aromatic rings. The molecule has 0 amide bonds. The summed E-state index contributed by atoms with van der Waals surface area (Å²) in [6, 6.07) is 8.78. The molecule has 0 bridgehead atoms. The molecule has 1 aromatic carbocycles. The van der Waals surface area contributed by atoms with E-state index in [4.69, 9.17) is 5.73 Å². The van der Waals surface area contributed by atoms with Crippen molar-refractivity contribution in [3.8, 4) is 0 Å². The zero-order chi connectivity index (χ0) is 17.5. The van der Waals surface area contributed by atoms with E-state index in [1.807, 2.05) is 6.07 Å². The number of piperazine rings is 1. The van der Waals surface area contributed by atoms with Gasteiger partial charge in [-0.1, -0.05) is 32.9 Å². The Kier molecular flexibility index (Phi) is 9.74. The van der Waals surface area contributed by atoms with Crippen molar-refractivity contribution in [1.29, 1.82) is 0 Å². The van der Waals surface area contributed by atoms with Crippen LogP contribution in [-0.2, 0) is 6.42 Å². The van der Waals surface area contributed by atoms with Gasteiger partial charge in [0, 0.05) is 37.9 Å². The van der Waals surface area contributed by atoms with Gasteiger partial charge in [-0.2, -0.15) is 0 Å². The van der Waals surface area contributed by atoms with Gasteiger partial charge in [0.2, 0.25) is 0 Å². The van der Waals surface area contributed by atoms with Crippen molar-refractivity contribution >= 4 is 35.6 Å². The molecule has 142 valence electrons. The van der Waals surface area contributed by atoms with E-state index in [9.17, 15) is 0 Å². The molecule has 1 saturated heterocycles. The second-order valence-corrected chi connectivity index (χ2v) is 7.06. The van der Waals surface area contributed by atoms with Crippen molar-refractivity contribution in [1.82, 2.24) is 9.80 Å². The quantitative estimate of drug-likeness (QED) is 0.390. The minimum atomic E-state index is 0. The second-order valence-electron chi connectivity index (χ2n) is 7.06. The average molecular weight is 459 g/mol. The minimum absolute atomic E-state index is 0. The molecule has 3 N–H and O–H groups in total. The summed E-state index contributed by atoms with van der Waals surface area (Å²) < 4.78 is 0. The summed E-state index contributed by atoms with van der Waals surface area (Å²) in [4.78, 5) is 9.56. The highest BCUT2D eigenvalue weighted by Crippen LogP contribution is 2.14. The maximum absolute atomic E-state index is 6.11. The molecule has 1 atom stereocenters. The molecule has 1 heterocycles. The van der Waals surface area contributed by atoms with Crippen molar-refractivity contribution in [3.63, 3.8) is 0 Å². The predicted octanol–water partition coefficient (Wildman–Crippen LogP) is 2.87. The van der Waals surface area contributed by atoms with Crippen molar-refractivity contribution in [3.05, 3.63) is 29.8 Å². The Hall–Kier alpha value is -0.860. The third-order valence-corrected chi connectivity index (χ3v) is 4.83. The van der Waals surface area contributed by atoms with E-state index < -0.39 is 0 Å². The van der Waals surface area contributed by atoms with Gasteiger partial charge < -0.3 is 16.0 Å². The predicted molar refractivity (Wildman–Crippen MR) is 119 cm³/mol. The van der Waals surface area contributed by atoms with E-state index in [1.54, 1.807) is 0 Å². The highest BCUT2D eigenvalue weighted by molar-refractivity contribution is 14.0. The van der Waals surface area contributed by atoms with Crippen LogP contribution in [0.5, 0.6) is 0 Å². The van der Waals surface area contributed by atoms with Crippen LogP contribution in [0.3, 0.4) is 0 Å². The number of benzene rings is 1. The number of rotatable bonds is 6. The fraction of sp³-hybridized carbons (Fsp3) is 0.632. The molecular weight excluding hydrogens is 425 g/mol. The van der Waals surface area contributed by atoms with Gasteiger partial charge in [0.15, 0.2) is 5.96 Å². The SMILES string of the molecule is CCc1cccc(NC(N)=NCC(C(C)C)N2CCN(C)CC2)c1.I. The number of nitrogens with one attached hydrogen (secondary N) is 1. The fourth-order valence-electron chi connectivity index (χ4n) is 3.15. The van der Waals surface area contributed by atoms with Crippen LogP contribution in [0.25, 0.3) is 0 Å². The lowest BCUT2D eigenvalue weighted by molar-refractivity contribution is 0.0926. The highest BCUT2D eigenvalue weighted by atomic mass is 127. The van der Waals surface area contributed by atoms with Gasteiger partial charge in [-0.25, -0.2) is 0 Å². The van der Waals surface area contributed by atoms with Crippen molar-refractivity contribution in [2.24, 2.45) is 16.6 Å². The first-order valence-corrected chi connectivity index (χ1v) is 9.08. The third kappa shape index (κ3) is 7.11. The summed E-state index contributed by atoms with van der Waals surface area (Å²) in [6.07, 6.45) is 1.02. The molecule has 0 saturated carbocycles. The number of hydrogen-bond donors (Lipinski definition) is 2. The first-order chi connectivity index (χ1) is 11.5. The number of nitrogens with two attached hydrogens (primary N) is 1. The number of aliphatic imine (C=N–C) groups is 1. The molecule has 25 heavy (non-hydrogen) atoms.